The first-order valence-electron chi connectivity index (χ1n) is 17.3. The highest BCUT2D eigenvalue weighted by Gasteiger charge is 2.21. The third kappa shape index (κ3) is 13.8. The Morgan fingerprint density at radius 3 is 1.22 bits per heavy atom. The standard InChI is InChI=1S/C36H48N6O13/c37-9-17-53-19-21-55-22-20-54-18-13-41-36(52)26-8-7-25(31(47)32(26)48)35(51)40-12-16-42(14-10-38-33(49)23-3-1-5-27(43)29(23)45)15-11-39-34(50)24-4-2-6-28(44)30(24)46/h1-8,43-48H,9-22,37H2,(H,38,49)(H,39,50)(H,40,51)(H,41,52). The molecular weight excluding hydrogens is 724 g/mol. The molecule has 0 aliphatic heterocycles. The Balaban J connectivity index is 1.51. The summed E-state index contributed by atoms with van der Waals surface area (Å²) in [7, 11) is 0. The van der Waals surface area contributed by atoms with Gasteiger partial charge in [-0.2, -0.15) is 0 Å². The normalized spacial score (nSPS) is 10.9. The molecule has 0 saturated carbocycles. The minimum Gasteiger partial charge on any atom is -0.504 e. The van der Waals surface area contributed by atoms with E-state index in [0.29, 0.717) is 33.0 Å². The predicted molar refractivity (Wildman–Crippen MR) is 197 cm³/mol. The number of nitrogens with one attached hydrogen (secondary N) is 4. The fourth-order valence-corrected chi connectivity index (χ4v) is 4.94. The Morgan fingerprint density at radius 2 is 0.818 bits per heavy atom. The minimum absolute atomic E-state index is 0.00302. The average molecular weight is 773 g/mol. The first-order chi connectivity index (χ1) is 26.5. The van der Waals surface area contributed by atoms with Crippen LogP contribution < -0.4 is 27.0 Å². The fraction of sp³-hybridized carbons (Fsp3) is 0.389. The van der Waals surface area contributed by atoms with E-state index in [2.05, 4.69) is 21.3 Å². The molecule has 4 amide bonds. The molecule has 3 aromatic carbocycles. The van der Waals surface area contributed by atoms with Crippen molar-refractivity contribution in [2.24, 2.45) is 5.73 Å². The van der Waals surface area contributed by atoms with Crippen LogP contribution in [0.5, 0.6) is 34.5 Å². The monoisotopic (exact) mass is 772 g/mol. The van der Waals surface area contributed by atoms with E-state index < -0.39 is 58.1 Å². The number of para-hydroxylation sites is 2. The number of rotatable bonds is 24. The van der Waals surface area contributed by atoms with Crippen LogP contribution in [-0.4, -0.2) is 151 Å². The number of nitrogens with two attached hydrogens (primary N) is 1. The van der Waals surface area contributed by atoms with Crippen LogP contribution in [0.15, 0.2) is 48.5 Å². The molecule has 0 aromatic heterocycles. The molecule has 0 aliphatic rings. The zero-order valence-corrected chi connectivity index (χ0v) is 30.1. The van der Waals surface area contributed by atoms with E-state index in [0.717, 1.165) is 0 Å². The number of hydrogen-bond acceptors (Lipinski definition) is 15. The molecule has 19 nitrogen and oxygen atoms in total. The smallest absolute Gasteiger partial charge is 0.255 e. The summed E-state index contributed by atoms with van der Waals surface area (Å²) in [5.74, 6) is -6.45. The van der Waals surface area contributed by atoms with Crippen molar-refractivity contribution in [1.29, 1.82) is 0 Å². The first-order valence-corrected chi connectivity index (χ1v) is 17.3. The topological polar surface area (TPSA) is 295 Å². The summed E-state index contributed by atoms with van der Waals surface area (Å²) in [4.78, 5) is 52.5. The highest BCUT2D eigenvalue weighted by Crippen LogP contribution is 2.33. The number of aromatic hydroxyl groups is 6. The molecule has 0 heterocycles. The number of hydrogen-bond donors (Lipinski definition) is 11. The van der Waals surface area contributed by atoms with Gasteiger partial charge in [0.15, 0.2) is 34.5 Å². The lowest BCUT2D eigenvalue weighted by Crippen LogP contribution is -2.43. The first kappa shape index (κ1) is 43.5. The number of phenolic OH excluding ortho intramolecular Hbond substituents is 6. The van der Waals surface area contributed by atoms with E-state index >= 15 is 0 Å². The molecule has 0 fully saturated rings. The van der Waals surface area contributed by atoms with Crippen molar-refractivity contribution in [3.8, 4) is 34.5 Å². The zero-order valence-electron chi connectivity index (χ0n) is 30.1. The van der Waals surface area contributed by atoms with Crippen LogP contribution in [0.2, 0.25) is 0 Å². The van der Waals surface area contributed by atoms with E-state index in [1.807, 2.05) is 0 Å². The second kappa shape index (κ2) is 23.0. The number of amides is 4. The zero-order chi connectivity index (χ0) is 40.2. The Labute approximate surface area is 316 Å². The van der Waals surface area contributed by atoms with Gasteiger partial charge in [0, 0.05) is 52.4 Å². The minimum atomic E-state index is -0.804. The van der Waals surface area contributed by atoms with Gasteiger partial charge in [0.1, 0.15) is 0 Å². The largest absolute Gasteiger partial charge is 0.504 e. The van der Waals surface area contributed by atoms with Gasteiger partial charge in [-0.25, -0.2) is 0 Å². The molecule has 3 aromatic rings. The van der Waals surface area contributed by atoms with Crippen LogP contribution in [0.1, 0.15) is 41.4 Å². The van der Waals surface area contributed by atoms with Crippen molar-refractivity contribution in [3.05, 3.63) is 70.8 Å². The maximum absolute atomic E-state index is 13.0. The molecule has 0 radical (unpaired) electrons. The van der Waals surface area contributed by atoms with Crippen LogP contribution in [0, 0.1) is 0 Å². The molecule has 300 valence electrons. The van der Waals surface area contributed by atoms with Gasteiger partial charge in [-0.05, 0) is 36.4 Å². The van der Waals surface area contributed by atoms with Crippen LogP contribution >= 0.6 is 0 Å². The van der Waals surface area contributed by atoms with E-state index in [9.17, 15) is 49.8 Å². The number of carbonyl (C=O) groups excluding carboxylic acids is 4. The van der Waals surface area contributed by atoms with Gasteiger partial charge in [0.2, 0.25) is 0 Å². The Hall–Kier alpha value is -5.86. The van der Waals surface area contributed by atoms with E-state index in [1.165, 1.54) is 48.5 Å². The average Bonchev–Trinajstić information content (AvgIpc) is 3.16. The number of carbonyl (C=O) groups is 4. The molecule has 55 heavy (non-hydrogen) atoms. The number of ether oxygens (including phenoxy) is 3. The number of phenols is 6. The van der Waals surface area contributed by atoms with Gasteiger partial charge >= 0.3 is 0 Å². The van der Waals surface area contributed by atoms with Gasteiger partial charge < -0.3 is 71.9 Å². The summed E-state index contributed by atoms with van der Waals surface area (Å²) in [5, 5.41) is 70.9. The molecule has 3 rings (SSSR count). The van der Waals surface area contributed by atoms with Gasteiger partial charge in [0.05, 0.1) is 61.9 Å². The second-order valence-corrected chi connectivity index (χ2v) is 11.7. The molecule has 0 aliphatic carbocycles. The molecule has 12 N–H and O–H groups in total. The molecule has 0 bridgehead atoms. The highest BCUT2D eigenvalue weighted by atomic mass is 16.5. The predicted octanol–water partition coefficient (Wildman–Crippen LogP) is -0.450. The van der Waals surface area contributed by atoms with Crippen LogP contribution in [0.4, 0.5) is 0 Å². The maximum Gasteiger partial charge on any atom is 0.255 e. The van der Waals surface area contributed by atoms with Gasteiger partial charge in [-0.15, -0.1) is 0 Å². The van der Waals surface area contributed by atoms with Crippen molar-refractivity contribution in [2.45, 2.75) is 0 Å². The summed E-state index contributed by atoms with van der Waals surface area (Å²) in [6.07, 6.45) is 0. The summed E-state index contributed by atoms with van der Waals surface area (Å²) in [6.45, 7) is 3.20. The van der Waals surface area contributed by atoms with Crippen molar-refractivity contribution in [3.63, 3.8) is 0 Å². The highest BCUT2D eigenvalue weighted by molar-refractivity contribution is 6.03. The van der Waals surface area contributed by atoms with Gasteiger partial charge in [-0.1, -0.05) is 12.1 Å². The maximum atomic E-state index is 13.0. The number of benzene rings is 3. The van der Waals surface area contributed by atoms with Crippen molar-refractivity contribution < 1.29 is 64.0 Å². The molecule has 0 saturated heterocycles. The Bertz CT molecular complexity index is 1670. The quantitative estimate of drug-likeness (QED) is 0.0406. The van der Waals surface area contributed by atoms with E-state index in [-0.39, 0.29) is 81.3 Å². The SMILES string of the molecule is NCCOCCOCCOCCNC(=O)c1ccc(C(=O)NCCN(CCNC(=O)c2cccc(O)c2O)CCNC(=O)c2cccc(O)c2O)c(O)c1O. The Morgan fingerprint density at radius 1 is 0.473 bits per heavy atom. The lowest BCUT2D eigenvalue weighted by atomic mass is 10.1. The molecular formula is C36H48N6O13. The van der Waals surface area contributed by atoms with E-state index in [4.69, 9.17) is 19.9 Å². The molecule has 0 atom stereocenters. The van der Waals surface area contributed by atoms with Crippen molar-refractivity contribution in [2.75, 3.05) is 92.0 Å². The third-order valence-electron chi connectivity index (χ3n) is 7.84. The molecule has 19 heteroatoms. The van der Waals surface area contributed by atoms with Crippen LogP contribution in [0.3, 0.4) is 0 Å². The van der Waals surface area contributed by atoms with Gasteiger partial charge in [0.25, 0.3) is 23.6 Å². The summed E-state index contributed by atoms with van der Waals surface area (Å²) < 4.78 is 15.9. The lowest BCUT2D eigenvalue weighted by molar-refractivity contribution is 0.0166. The van der Waals surface area contributed by atoms with Crippen LogP contribution in [0.25, 0.3) is 0 Å². The number of nitrogens with zero attached hydrogens (tertiary/aromatic N) is 1. The summed E-state index contributed by atoms with van der Waals surface area (Å²) in [5.41, 5.74) is 4.49. The molecule has 0 unspecified atom stereocenters. The lowest BCUT2D eigenvalue weighted by Gasteiger charge is -2.23. The third-order valence-corrected chi connectivity index (χ3v) is 7.84. The van der Waals surface area contributed by atoms with Crippen molar-refractivity contribution >= 4 is 23.6 Å². The second-order valence-electron chi connectivity index (χ2n) is 11.7. The Kier molecular flexibility index (Phi) is 18.2. The summed E-state index contributed by atoms with van der Waals surface area (Å²) >= 11 is 0. The molecule has 0 spiro atoms. The van der Waals surface area contributed by atoms with Crippen molar-refractivity contribution in [1.82, 2.24) is 26.2 Å². The van der Waals surface area contributed by atoms with E-state index in [1.54, 1.807) is 4.90 Å². The van der Waals surface area contributed by atoms with Gasteiger partial charge in [-0.3, -0.25) is 24.1 Å². The van der Waals surface area contributed by atoms with Crippen LogP contribution in [-0.2, 0) is 14.2 Å². The fourth-order valence-electron chi connectivity index (χ4n) is 4.94. The summed E-state index contributed by atoms with van der Waals surface area (Å²) in [6, 6.07) is 10.3.